The van der Waals surface area contributed by atoms with E-state index in [2.05, 4.69) is 15.5 Å². The van der Waals surface area contributed by atoms with Crippen molar-refractivity contribution in [3.8, 4) is 0 Å². The molecule has 37 heavy (non-hydrogen) atoms. The SMILES string of the molecule is O=C(O)c1ccc2nn(C3CCN(S(=O)(=O)c4ccc(CNC(=O)c5ccc(Cl)cc5)s4)CC3)nc2c1. The van der Waals surface area contributed by atoms with Crippen LogP contribution in [0.4, 0.5) is 0 Å². The van der Waals surface area contributed by atoms with Crippen LogP contribution >= 0.6 is 22.9 Å². The Balaban J connectivity index is 1.20. The number of carbonyl (C=O) groups is 2. The summed E-state index contributed by atoms with van der Waals surface area (Å²) < 4.78 is 28.1. The molecule has 5 rings (SSSR count). The van der Waals surface area contributed by atoms with E-state index in [4.69, 9.17) is 11.6 Å². The van der Waals surface area contributed by atoms with Gasteiger partial charge in [0.25, 0.3) is 15.9 Å². The Bertz CT molecular complexity index is 1570. The number of nitrogens with one attached hydrogen (secondary N) is 1. The highest BCUT2D eigenvalue weighted by atomic mass is 35.5. The molecule has 192 valence electrons. The fourth-order valence-corrected chi connectivity index (χ4v) is 7.18. The third-order valence-corrected chi connectivity index (χ3v) is 9.86. The number of rotatable bonds is 7. The monoisotopic (exact) mass is 559 g/mol. The van der Waals surface area contributed by atoms with Crippen LogP contribution in [0.2, 0.25) is 5.02 Å². The summed E-state index contributed by atoms with van der Waals surface area (Å²) in [7, 11) is -3.67. The first-order valence-corrected chi connectivity index (χ1v) is 14.1. The molecule has 1 aliphatic rings. The molecule has 2 aromatic heterocycles. The molecule has 0 radical (unpaired) electrons. The van der Waals surface area contributed by atoms with Gasteiger partial charge in [-0.1, -0.05) is 11.6 Å². The minimum absolute atomic E-state index is 0.0888. The summed E-state index contributed by atoms with van der Waals surface area (Å²) >= 11 is 6.99. The van der Waals surface area contributed by atoms with Gasteiger partial charge in [-0.2, -0.15) is 19.3 Å². The standard InChI is InChI=1S/C24H22ClN5O5S2/c25-17-4-1-15(2-5-17)23(31)26-14-19-6-8-22(36-19)37(34,35)29-11-9-18(10-12-29)30-27-20-7-3-16(24(32)33)13-21(20)28-30/h1-8,13,18H,9-12,14H2,(H,26,31)(H,32,33). The number of carboxylic acid groups (broad SMARTS) is 1. The van der Waals surface area contributed by atoms with E-state index >= 15 is 0 Å². The molecule has 4 aromatic rings. The molecular formula is C24H22ClN5O5S2. The summed E-state index contributed by atoms with van der Waals surface area (Å²) in [6, 6.07) is 14.3. The average Bonchev–Trinajstić information content (AvgIpc) is 3.55. The molecule has 1 saturated heterocycles. The second-order valence-corrected chi connectivity index (χ2v) is 12.3. The molecule has 1 fully saturated rings. The van der Waals surface area contributed by atoms with Crippen molar-refractivity contribution < 1.29 is 23.1 Å². The lowest BCUT2D eigenvalue weighted by Gasteiger charge is -2.30. The van der Waals surface area contributed by atoms with Gasteiger partial charge < -0.3 is 10.4 Å². The summed E-state index contributed by atoms with van der Waals surface area (Å²) in [5, 5.41) is 21.4. The van der Waals surface area contributed by atoms with Crippen LogP contribution in [0.1, 0.15) is 44.5 Å². The van der Waals surface area contributed by atoms with Crippen molar-refractivity contribution in [2.24, 2.45) is 0 Å². The number of fused-ring (bicyclic) bond motifs is 1. The van der Waals surface area contributed by atoms with Gasteiger partial charge in [-0.25, -0.2) is 13.2 Å². The number of hydrogen-bond donors (Lipinski definition) is 2. The fraction of sp³-hybridized carbons (Fsp3) is 0.250. The molecule has 2 N–H and O–H groups in total. The number of halogens is 1. The van der Waals surface area contributed by atoms with Gasteiger partial charge >= 0.3 is 5.97 Å². The summed E-state index contributed by atoms with van der Waals surface area (Å²) in [6.07, 6.45) is 1.06. The fourth-order valence-electron chi connectivity index (χ4n) is 4.13. The lowest BCUT2D eigenvalue weighted by Crippen LogP contribution is -2.39. The van der Waals surface area contributed by atoms with Crippen molar-refractivity contribution in [3.63, 3.8) is 0 Å². The Morgan fingerprint density at radius 1 is 1.00 bits per heavy atom. The maximum atomic E-state index is 13.2. The smallest absolute Gasteiger partial charge is 0.335 e. The number of carbonyl (C=O) groups excluding carboxylic acids is 1. The normalized spacial score (nSPS) is 15.2. The highest BCUT2D eigenvalue weighted by Gasteiger charge is 2.32. The van der Waals surface area contributed by atoms with Crippen LogP contribution in [-0.4, -0.2) is 57.8 Å². The zero-order chi connectivity index (χ0) is 26.2. The Hall–Kier alpha value is -3.32. The topological polar surface area (TPSA) is 134 Å². The lowest BCUT2D eigenvalue weighted by molar-refractivity contribution is 0.0696. The highest BCUT2D eigenvalue weighted by Crippen LogP contribution is 2.30. The van der Waals surface area contributed by atoms with Crippen molar-refractivity contribution in [1.29, 1.82) is 0 Å². The molecule has 13 heteroatoms. The number of aromatic carboxylic acids is 1. The van der Waals surface area contributed by atoms with Crippen LogP contribution in [0.25, 0.3) is 11.0 Å². The van der Waals surface area contributed by atoms with Gasteiger partial charge in [-0.3, -0.25) is 4.79 Å². The second kappa shape index (κ2) is 10.2. The van der Waals surface area contributed by atoms with Crippen LogP contribution < -0.4 is 5.32 Å². The molecule has 1 aliphatic heterocycles. The number of aromatic nitrogens is 3. The van der Waals surface area contributed by atoms with E-state index < -0.39 is 16.0 Å². The quantitative estimate of drug-likeness (QED) is 0.351. The zero-order valence-electron chi connectivity index (χ0n) is 19.4. The molecule has 10 nitrogen and oxygen atoms in total. The Kier molecular flexibility index (Phi) is 6.99. The van der Waals surface area contributed by atoms with E-state index in [1.54, 1.807) is 47.3 Å². The Morgan fingerprint density at radius 2 is 1.68 bits per heavy atom. The van der Waals surface area contributed by atoms with Crippen LogP contribution in [0, 0.1) is 0 Å². The average molecular weight is 560 g/mol. The van der Waals surface area contributed by atoms with Crippen LogP contribution in [0.5, 0.6) is 0 Å². The number of sulfonamides is 1. The number of hydrogen-bond acceptors (Lipinski definition) is 7. The minimum atomic E-state index is -3.67. The van der Waals surface area contributed by atoms with Crippen molar-refractivity contribution >= 4 is 55.9 Å². The van der Waals surface area contributed by atoms with Crippen molar-refractivity contribution in [2.75, 3.05) is 13.1 Å². The minimum Gasteiger partial charge on any atom is -0.478 e. The van der Waals surface area contributed by atoms with Crippen molar-refractivity contribution in [3.05, 3.63) is 75.6 Å². The van der Waals surface area contributed by atoms with E-state index in [1.165, 1.54) is 16.4 Å². The number of nitrogens with zero attached hydrogens (tertiary/aromatic N) is 4. The van der Waals surface area contributed by atoms with Gasteiger partial charge in [-0.05, 0) is 67.4 Å². The molecule has 0 aliphatic carbocycles. The zero-order valence-corrected chi connectivity index (χ0v) is 21.8. The number of piperidine rings is 1. The molecule has 0 unspecified atom stereocenters. The van der Waals surface area contributed by atoms with Gasteiger partial charge in [0.15, 0.2) is 0 Å². The molecule has 2 aromatic carbocycles. The molecule has 0 bridgehead atoms. The first-order valence-electron chi connectivity index (χ1n) is 11.4. The maximum Gasteiger partial charge on any atom is 0.335 e. The number of carboxylic acids is 1. The summed E-state index contributed by atoms with van der Waals surface area (Å²) in [6.45, 7) is 0.837. The van der Waals surface area contributed by atoms with Crippen LogP contribution in [-0.2, 0) is 16.6 Å². The summed E-state index contributed by atoms with van der Waals surface area (Å²) in [5.74, 6) is -1.30. The summed E-state index contributed by atoms with van der Waals surface area (Å²) in [4.78, 5) is 25.8. The molecule has 0 atom stereocenters. The predicted octanol–water partition coefficient (Wildman–Crippen LogP) is 3.80. The third kappa shape index (κ3) is 5.37. The largest absolute Gasteiger partial charge is 0.478 e. The van der Waals surface area contributed by atoms with Gasteiger partial charge in [0.05, 0.1) is 18.2 Å². The van der Waals surface area contributed by atoms with Crippen LogP contribution in [0.3, 0.4) is 0 Å². The van der Waals surface area contributed by atoms with Crippen LogP contribution in [0.15, 0.2) is 58.8 Å². The lowest BCUT2D eigenvalue weighted by atomic mass is 10.1. The maximum absolute atomic E-state index is 13.2. The second-order valence-electron chi connectivity index (χ2n) is 8.57. The summed E-state index contributed by atoms with van der Waals surface area (Å²) in [5.41, 5.74) is 1.69. The van der Waals surface area contributed by atoms with Gasteiger partial charge in [0.1, 0.15) is 15.2 Å². The van der Waals surface area contributed by atoms with E-state index in [9.17, 15) is 23.1 Å². The molecular weight excluding hydrogens is 538 g/mol. The highest BCUT2D eigenvalue weighted by molar-refractivity contribution is 7.91. The van der Waals surface area contributed by atoms with Crippen molar-refractivity contribution in [2.45, 2.75) is 29.6 Å². The van der Waals surface area contributed by atoms with E-state index in [0.717, 1.165) is 16.2 Å². The predicted molar refractivity (Wildman–Crippen MR) is 138 cm³/mol. The molecule has 0 saturated carbocycles. The van der Waals surface area contributed by atoms with E-state index in [1.807, 2.05) is 0 Å². The van der Waals surface area contributed by atoms with Crippen molar-refractivity contribution in [1.82, 2.24) is 24.6 Å². The molecule has 0 spiro atoms. The van der Waals surface area contributed by atoms with Gasteiger partial charge in [-0.15, -0.1) is 11.3 Å². The third-order valence-electron chi connectivity index (χ3n) is 6.15. The first kappa shape index (κ1) is 25.3. The number of amides is 1. The van der Waals surface area contributed by atoms with E-state index in [-0.39, 0.29) is 28.3 Å². The number of benzene rings is 2. The molecule has 1 amide bonds. The van der Waals surface area contributed by atoms with Gasteiger partial charge in [0, 0.05) is 28.6 Å². The number of thiophene rings is 1. The first-order chi connectivity index (χ1) is 17.7. The van der Waals surface area contributed by atoms with E-state index in [0.29, 0.717) is 47.6 Å². The Morgan fingerprint density at radius 3 is 2.38 bits per heavy atom. The Labute approximate surface area is 221 Å². The van der Waals surface area contributed by atoms with Gasteiger partial charge in [0.2, 0.25) is 0 Å². The molecule has 3 heterocycles.